The molecule has 0 bridgehead atoms. The van der Waals surface area contributed by atoms with Crippen LogP contribution >= 0.6 is 0 Å². The first-order chi connectivity index (χ1) is 6.77. The standard InChI is InChI=1S/C11H6F2N.Pd/c12-8-4-5-9(10(13)7-8)11-3-1-2-6-14-11;/h1-4,6-7H;/q-1;. The number of halogens is 2. The molecule has 0 unspecified atom stereocenters. The Labute approximate surface area is 99.8 Å². The minimum absolute atomic E-state index is 0. The summed E-state index contributed by atoms with van der Waals surface area (Å²) in [5.74, 6) is -1.29. The van der Waals surface area contributed by atoms with Gasteiger partial charge in [-0.15, -0.1) is 12.1 Å². The summed E-state index contributed by atoms with van der Waals surface area (Å²) < 4.78 is 25.8. The van der Waals surface area contributed by atoms with Crippen LogP contribution in [0.15, 0.2) is 36.5 Å². The monoisotopic (exact) mass is 296 g/mol. The molecule has 0 atom stereocenters. The topological polar surface area (TPSA) is 12.9 Å². The number of hydrogen-bond acceptors (Lipinski definition) is 1. The summed E-state index contributed by atoms with van der Waals surface area (Å²) in [5.41, 5.74) is 0.636. The molecule has 0 radical (unpaired) electrons. The van der Waals surface area contributed by atoms with Gasteiger partial charge in [0, 0.05) is 38.3 Å². The van der Waals surface area contributed by atoms with Crippen molar-refractivity contribution in [1.29, 1.82) is 0 Å². The maximum atomic E-state index is 13.2. The van der Waals surface area contributed by atoms with Crippen LogP contribution in [0.5, 0.6) is 0 Å². The van der Waals surface area contributed by atoms with Crippen molar-refractivity contribution in [3.63, 3.8) is 0 Å². The zero-order chi connectivity index (χ0) is 9.97. The predicted molar refractivity (Wildman–Crippen MR) is 48.4 cm³/mol. The second-order valence-electron chi connectivity index (χ2n) is 2.76. The number of benzene rings is 1. The summed E-state index contributed by atoms with van der Waals surface area (Å²) >= 11 is 0. The van der Waals surface area contributed by atoms with Gasteiger partial charge in [-0.1, -0.05) is 23.8 Å². The molecule has 15 heavy (non-hydrogen) atoms. The molecule has 0 N–H and O–H groups in total. The van der Waals surface area contributed by atoms with Gasteiger partial charge in [0.25, 0.3) is 0 Å². The van der Waals surface area contributed by atoms with Crippen LogP contribution < -0.4 is 0 Å². The molecule has 4 heteroatoms. The second-order valence-corrected chi connectivity index (χ2v) is 2.76. The number of rotatable bonds is 1. The smallest absolute Gasteiger partial charge is 0.0408 e. The predicted octanol–water partition coefficient (Wildman–Crippen LogP) is 2.82. The van der Waals surface area contributed by atoms with E-state index >= 15 is 0 Å². The summed E-state index contributed by atoms with van der Waals surface area (Å²) in [6, 6.07) is 9.53. The van der Waals surface area contributed by atoms with E-state index in [1.165, 1.54) is 0 Å². The fourth-order valence-corrected chi connectivity index (χ4v) is 1.15. The molecule has 2 rings (SSSR count). The molecule has 0 amide bonds. The molecule has 80 valence electrons. The Balaban J connectivity index is 0.00000112. The van der Waals surface area contributed by atoms with E-state index in [1.54, 1.807) is 24.4 Å². The van der Waals surface area contributed by atoms with E-state index in [-0.39, 0.29) is 26.0 Å². The van der Waals surface area contributed by atoms with Gasteiger partial charge < -0.3 is 4.98 Å². The van der Waals surface area contributed by atoms with E-state index in [0.717, 1.165) is 12.1 Å². The van der Waals surface area contributed by atoms with Crippen molar-refractivity contribution < 1.29 is 29.2 Å². The van der Waals surface area contributed by atoms with Gasteiger partial charge in [0.15, 0.2) is 0 Å². The molecular formula is C11H6F2NPd-. The van der Waals surface area contributed by atoms with Crippen LogP contribution in [0.1, 0.15) is 0 Å². The molecular weight excluding hydrogens is 291 g/mol. The van der Waals surface area contributed by atoms with E-state index in [0.29, 0.717) is 5.69 Å². The Bertz CT molecular complexity index is 446. The fourth-order valence-electron chi connectivity index (χ4n) is 1.15. The average molecular weight is 297 g/mol. The molecule has 0 saturated carbocycles. The van der Waals surface area contributed by atoms with Gasteiger partial charge in [-0.3, -0.25) is 8.78 Å². The van der Waals surface area contributed by atoms with E-state index in [4.69, 9.17) is 0 Å². The minimum Gasteiger partial charge on any atom is -0.305 e. The van der Waals surface area contributed by atoms with Crippen LogP contribution in [-0.4, -0.2) is 4.98 Å². The van der Waals surface area contributed by atoms with E-state index in [1.807, 2.05) is 0 Å². The van der Waals surface area contributed by atoms with Gasteiger partial charge in [-0.2, -0.15) is 0 Å². The number of hydrogen-bond donors (Lipinski definition) is 0. The molecule has 0 fully saturated rings. The summed E-state index contributed by atoms with van der Waals surface area (Å²) in [6.07, 6.45) is 1.55. The van der Waals surface area contributed by atoms with Gasteiger partial charge in [0.2, 0.25) is 0 Å². The maximum Gasteiger partial charge on any atom is 0.0408 e. The summed E-state index contributed by atoms with van der Waals surface area (Å²) in [6.45, 7) is 0. The van der Waals surface area contributed by atoms with Crippen molar-refractivity contribution >= 4 is 0 Å². The van der Waals surface area contributed by atoms with Crippen molar-refractivity contribution in [3.05, 3.63) is 54.2 Å². The van der Waals surface area contributed by atoms with Crippen LogP contribution in [0.25, 0.3) is 11.3 Å². The van der Waals surface area contributed by atoms with E-state index < -0.39 is 11.6 Å². The average Bonchev–Trinajstić information content (AvgIpc) is 2.19. The number of pyridine rings is 1. The normalized spacial score (nSPS) is 9.47. The Morgan fingerprint density at radius 1 is 1.20 bits per heavy atom. The van der Waals surface area contributed by atoms with Crippen LogP contribution in [0, 0.1) is 17.7 Å². The summed E-state index contributed by atoms with van der Waals surface area (Å²) in [5, 5.41) is 0. The third-order valence-corrected chi connectivity index (χ3v) is 1.78. The fraction of sp³-hybridized carbons (Fsp3) is 0. The molecule has 1 nitrogen and oxygen atoms in total. The minimum atomic E-state index is -0.649. The van der Waals surface area contributed by atoms with Crippen molar-refractivity contribution in [1.82, 2.24) is 4.98 Å². The maximum absolute atomic E-state index is 13.2. The Morgan fingerprint density at radius 2 is 2.00 bits per heavy atom. The first-order valence-corrected chi connectivity index (χ1v) is 4.05. The van der Waals surface area contributed by atoms with Crippen molar-refractivity contribution in [2.45, 2.75) is 0 Å². The van der Waals surface area contributed by atoms with Crippen molar-refractivity contribution in [2.75, 3.05) is 0 Å². The zero-order valence-electron chi connectivity index (χ0n) is 7.48. The Morgan fingerprint density at radius 3 is 2.60 bits per heavy atom. The molecule has 0 aliphatic rings. The quantitative estimate of drug-likeness (QED) is 0.582. The molecule has 0 aliphatic heterocycles. The second kappa shape index (κ2) is 5.11. The van der Waals surface area contributed by atoms with Crippen molar-refractivity contribution in [3.8, 4) is 11.3 Å². The van der Waals surface area contributed by atoms with Crippen LogP contribution in [-0.2, 0) is 20.4 Å². The molecule has 1 heterocycles. The van der Waals surface area contributed by atoms with Gasteiger partial charge in [-0.25, -0.2) is 0 Å². The molecule has 2 aromatic rings. The SMILES string of the molecule is Fc1c[c-]c(-c2ccccn2)c(F)c1.[Pd]. The number of nitrogens with zero attached hydrogens (tertiary/aromatic N) is 1. The molecule has 0 saturated heterocycles. The first-order valence-electron chi connectivity index (χ1n) is 4.05. The van der Waals surface area contributed by atoms with E-state index in [2.05, 4.69) is 11.1 Å². The Hall–Kier alpha value is -1.11. The van der Waals surface area contributed by atoms with Gasteiger partial charge in [0.1, 0.15) is 0 Å². The Kier molecular flexibility index (Phi) is 4.07. The zero-order valence-corrected chi connectivity index (χ0v) is 9.04. The number of aromatic nitrogens is 1. The summed E-state index contributed by atoms with van der Waals surface area (Å²) in [4.78, 5) is 3.95. The van der Waals surface area contributed by atoms with Crippen LogP contribution in [0.2, 0.25) is 0 Å². The third-order valence-electron chi connectivity index (χ3n) is 1.78. The van der Waals surface area contributed by atoms with Crippen LogP contribution in [0.3, 0.4) is 0 Å². The van der Waals surface area contributed by atoms with Gasteiger partial charge in [0.05, 0.1) is 0 Å². The molecule has 0 spiro atoms. The largest absolute Gasteiger partial charge is 0.305 e. The first kappa shape index (κ1) is 12.0. The molecule has 1 aromatic heterocycles. The molecule has 0 aliphatic carbocycles. The third kappa shape index (κ3) is 2.68. The molecule has 1 aromatic carbocycles. The van der Waals surface area contributed by atoms with Gasteiger partial charge >= 0.3 is 0 Å². The van der Waals surface area contributed by atoms with Crippen molar-refractivity contribution in [2.24, 2.45) is 0 Å². The van der Waals surface area contributed by atoms with Crippen LogP contribution in [0.4, 0.5) is 8.78 Å². The summed E-state index contributed by atoms with van der Waals surface area (Å²) in [7, 11) is 0. The van der Waals surface area contributed by atoms with Gasteiger partial charge in [-0.05, 0) is 11.8 Å². The van der Waals surface area contributed by atoms with E-state index in [9.17, 15) is 8.78 Å².